The second kappa shape index (κ2) is 8.75. The number of imidazole rings is 1. The number of fused-ring (bicyclic) bond motifs is 1. The zero-order chi connectivity index (χ0) is 24.6. The van der Waals surface area contributed by atoms with E-state index >= 15 is 0 Å². The molecule has 1 aliphatic heterocycles. The van der Waals surface area contributed by atoms with Crippen LogP contribution >= 0.6 is 0 Å². The van der Waals surface area contributed by atoms with E-state index in [0.29, 0.717) is 23.4 Å². The maximum Gasteiger partial charge on any atom is 0.416 e. The van der Waals surface area contributed by atoms with E-state index < -0.39 is 17.6 Å². The van der Waals surface area contributed by atoms with Gasteiger partial charge in [0.2, 0.25) is 0 Å². The summed E-state index contributed by atoms with van der Waals surface area (Å²) in [5.41, 5.74) is 9.38. The number of anilines is 1. The molecule has 0 aliphatic carbocycles. The Kier molecular flexibility index (Phi) is 5.60. The molecule has 9 heteroatoms. The van der Waals surface area contributed by atoms with E-state index in [1.165, 1.54) is 23.2 Å². The second-order valence-corrected chi connectivity index (χ2v) is 7.97. The summed E-state index contributed by atoms with van der Waals surface area (Å²) >= 11 is 0. The Morgan fingerprint density at radius 1 is 1.00 bits per heavy atom. The Bertz CT molecular complexity index is 1450. The first-order chi connectivity index (χ1) is 16.9. The van der Waals surface area contributed by atoms with Gasteiger partial charge in [0.25, 0.3) is 5.91 Å². The molecule has 0 atom stereocenters. The highest BCUT2D eigenvalue weighted by molar-refractivity contribution is 6.59. The lowest BCUT2D eigenvalue weighted by atomic mass is 10.0. The van der Waals surface area contributed by atoms with E-state index in [2.05, 4.69) is 9.98 Å². The van der Waals surface area contributed by atoms with Gasteiger partial charge in [-0.25, -0.2) is 4.98 Å². The molecule has 4 aromatic rings. The average molecular weight is 475 g/mol. The van der Waals surface area contributed by atoms with E-state index in [-0.39, 0.29) is 12.3 Å². The number of benzene rings is 2. The Labute approximate surface area is 198 Å². The van der Waals surface area contributed by atoms with Crippen molar-refractivity contribution in [1.29, 1.82) is 0 Å². The normalized spacial score (nSPS) is 14.9. The van der Waals surface area contributed by atoms with Crippen LogP contribution in [0.15, 0.2) is 90.3 Å². The fraction of sp³-hybridized carbons (Fsp3) is 0.115. The lowest BCUT2D eigenvalue weighted by Crippen LogP contribution is -2.42. The average Bonchev–Trinajstić information content (AvgIpc) is 3.29. The molecule has 0 radical (unpaired) electrons. The highest BCUT2D eigenvalue weighted by Gasteiger charge is 2.32. The standard InChI is InChI=1S/C26H20F3N5O/c27-26(28,29)19-7-9-20(10-8-19)33-13-12-31-24(25(33)35)21(14-30)18-6-11-23-32-15-22(34(23)16-18)17-4-2-1-3-5-17/h1-11,14-16H,12-13,30H2. The summed E-state index contributed by atoms with van der Waals surface area (Å²) in [6.45, 7) is 0.548. The molecule has 35 heavy (non-hydrogen) atoms. The van der Waals surface area contributed by atoms with Crippen LogP contribution in [-0.4, -0.2) is 34.1 Å². The number of aliphatic imine (C=N–C) groups is 1. The van der Waals surface area contributed by atoms with Gasteiger partial charge < -0.3 is 10.6 Å². The van der Waals surface area contributed by atoms with Crippen molar-refractivity contribution in [2.75, 3.05) is 18.0 Å². The van der Waals surface area contributed by atoms with Gasteiger partial charge in [-0.15, -0.1) is 0 Å². The Balaban J connectivity index is 1.48. The molecular formula is C26H20F3N5O. The van der Waals surface area contributed by atoms with Crippen molar-refractivity contribution >= 4 is 28.5 Å². The third kappa shape index (κ3) is 4.16. The van der Waals surface area contributed by atoms with Gasteiger partial charge in [0, 0.05) is 41.3 Å². The number of hydrogen-bond acceptors (Lipinski definition) is 4. The van der Waals surface area contributed by atoms with Crippen molar-refractivity contribution < 1.29 is 18.0 Å². The number of pyridine rings is 1. The van der Waals surface area contributed by atoms with Gasteiger partial charge in [-0.3, -0.25) is 14.2 Å². The van der Waals surface area contributed by atoms with E-state index in [4.69, 9.17) is 5.73 Å². The quantitative estimate of drug-likeness (QED) is 0.460. The predicted octanol–water partition coefficient (Wildman–Crippen LogP) is 4.81. The molecule has 0 unspecified atom stereocenters. The number of nitrogens with two attached hydrogens (primary N) is 1. The van der Waals surface area contributed by atoms with Crippen molar-refractivity contribution in [2.24, 2.45) is 10.7 Å². The van der Waals surface area contributed by atoms with Crippen LogP contribution in [0.5, 0.6) is 0 Å². The predicted molar refractivity (Wildman–Crippen MR) is 129 cm³/mol. The molecule has 0 saturated carbocycles. The molecule has 1 aliphatic rings. The van der Waals surface area contributed by atoms with Gasteiger partial charge in [-0.1, -0.05) is 30.3 Å². The number of halogens is 3. The number of amides is 1. The molecule has 3 heterocycles. The van der Waals surface area contributed by atoms with Gasteiger partial charge in [-0.2, -0.15) is 13.2 Å². The maximum atomic E-state index is 13.3. The molecule has 0 saturated heterocycles. The summed E-state index contributed by atoms with van der Waals surface area (Å²) in [7, 11) is 0. The monoisotopic (exact) mass is 475 g/mol. The van der Waals surface area contributed by atoms with Gasteiger partial charge in [0.1, 0.15) is 11.4 Å². The smallest absolute Gasteiger partial charge is 0.404 e. The van der Waals surface area contributed by atoms with Crippen LogP contribution in [0.25, 0.3) is 22.5 Å². The van der Waals surface area contributed by atoms with Crippen LogP contribution in [0.1, 0.15) is 11.1 Å². The highest BCUT2D eigenvalue weighted by Crippen LogP contribution is 2.31. The molecule has 5 rings (SSSR count). The van der Waals surface area contributed by atoms with E-state index in [0.717, 1.165) is 29.0 Å². The molecule has 2 N–H and O–H groups in total. The third-order valence-corrected chi connectivity index (χ3v) is 5.86. The minimum Gasteiger partial charge on any atom is -0.404 e. The number of carbonyl (C=O) groups excluding carboxylic acids is 1. The summed E-state index contributed by atoms with van der Waals surface area (Å²) in [5.74, 6) is -0.429. The fourth-order valence-corrected chi connectivity index (χ4v) is 4.11. The summed E-state index contributed by atoms with van der Waals surface area (Å²) < 4.78 is 40.7. The first kappa shape index (κ1) is 22.4. The molecule has 2 aromatic heterocycles. The van der Waals surface area contributed by atoms with Crippen molar-refractivity contribution in [1.82, 2.24) is 9.38 Å². The first-order valence-electron chi connectivity index (χ1n) is 10.9. The molecular weight excluding hydrogens is 455 g/mol. The van der Waals surface area contributed by atoms with Crippen molar-refractivity contribution in [3.05, 3.63) is 96.5 Å². The molecule has 0 bridgehead atoms. The van der Waals surface area contributed by atoms with Gasteiger partial charge >= 0.3 is 6.18 Å². The molecule has 0 fully saturated rings. The Morgan fingerprint density at radius 2 is 1.74 bits per heavy atom. The van der Waals surface area contributed by atoms with Crippen LogP contribution in [0, 0.1) is 0 Å². The largest absolute Gasteiger partial charge is 0.416 e. The Morgan fingerprint density at radius 3 is 2.43 bits per heavy atom. The van der Waals surface area contributed by atoms with Crippen LogP contribution in [0.2, 0.25) is 0 Å². The van der Waals surface area contributed by atoms with Gasteiger partial charge in [0.05, 0.1) is 24.0 Å². The number of aromatic nitrogens is 2. The van der Waals surface area contributed by atoms with E-state index in [1.807, 2.05) is 53.1 Å². The highest BCUT2D eigenvalue weighted by atomic mass is 19.4. The van der Waals surface area contributed by atoms with Crippen molar-refractivity contribution in [3.63, 3.8) is 0 Å². The lowest BCUT2D eigenvalue weighted by Gasteiger charge is -2.27. The molecule has 1 amide bonds. The molecule has 176 valence electrons. The topological polar surface area (TPSA) is 76.0 Å². The van der Waals surface area contributed by atoms with Crippen LogP contribution < -0.4 is 10.6 Å². The number of hydrogen-bond donors (Lipinski definition) is 1. The van der Waals surface area contributed by atoms with Gasteiger partial charge in [-0.05, 0) is 36.4 Å². The summed E-state index contributed by atoms with van der Waals surface area (Å²) in [6, 6.07) is 17.9. The summed E-state index contributed by atoms with van der Waals surface area (Å²) in [5, 5.41) is 0. The maximum absolute atomic E-state index is 13.3. The van der Waals surface area contributed by atoms with Crippen LogP contribution in [-0.2, 0) is 11.0 Å². The fourth-order valence-electron chi connectivity index (χ4n) is 4.11. The first-order valence-corrected chi connectivity index (χ1v) is 10.9. The van der Waals surface area contributed by atoms with Crippen molar-refractivity contribution in [3.8, 4) is 11.3 Å². The minimum atomic E-state index is -4.45. The van der Waals surface area contributed by atoms with Crippen LogP contribution in [0.3, 0.4) is 0 Å². The molecule has 2 aromatic carbocycles. The molecule has 0 spiro atoms. The lowest BCUT2D eigenvalue weighted by molar-refractivity contribution is -0.137. The summed E-state index contributed by atoms with van der Waals surface area (Å²) in [4.78, 5) is 23.6. The summed E-state index contributed by atoms with van der Waals surface area (Å²) in [6.07, 6.45) is 0.497. The van der Waals surface area contributed by atoms with Crippen molar-refractivity contribution in [2.45, 2.75) is 6.18 Å². The van der Waals surface area contributed by atoms with Crippen LogP contribution in [0.4, 0.5) is 18.9 Å². The number of nitrogens with zero attached hydrogens (tertiary/aromatic N) is 4. The Hall–Kier alpha value is -4.40. The third-order valence-electron chi connectivity index (χ3n) is 5.86. The number of rotatable bonds is 4. The van der Waals surface area contributed by atoms with E-state index in [9.17, 15) is 18.0 Å². The minimum absolute atomic E-state index is 0.152. The number of alkyl halides is 3. The SMILES string of the molecule is NC=C(C1=NCCN(c2ccc(C(F)(F)F)cc2)C1=O)c1ccc2ncc(-c3ccccc3)n2c1. The van der Waals surface area contributed by atoms with E-state index in [1.54, 1.807) is 6.20 Å². The number of carbonyl (C=O) groups is 1. The van der Waals surface area contributed by atoms with Gasteiger partial charge in [0.15, 0.2) is 0 Å². The second-order valence-electron chi connectivity index (χ2n) is 7.97. The zero-order valence-electron chi connectivity index (χ0n) is 18.4. The zero-order valence-corrected chi connectivity index (χ0v) is 18.4. The molecule has 6 nitrogen and oxygen atoms in total.